The third-order valence-corrected chi connectivity index (χ3v) is 2.66. The Morgan fingerprint density at radius 1 is 1.11 bits per heavy atom. The monoisotopic (exact) mass is 241 g/mol. The Balaban J connectivity index is 2.21. The number of hydrogen-bond donors (Lipinski definition) is 1. The van der Waals surface area contributed by atoms with E-state index in [1.165, 1.54) is 6.33 Å². The van der Waals surface area contributed by atoms with Crippen LogP contribution in [0.5, 0.6) is 5.88 Å². The Morgan fingerprint density at radius 3 is 2.61 bits per heavy atom. The van der Waals surface area contributed by atoms with Crippen molar-refractivity contribution in [1.29, 1.82) is 0 Å². The third kappa shape index (κ3) is 1.55. The molecule has 0 amide bonds. The van der Waals surface area contributed by atoms with Crippen LogP contribution in [0.3, 0.4) is 0 Å². The zero-order valence-electron chi connectivity index (χ0n) is 9.74. The molecule has 0 aliphatic carbocycles. The van der Waals surface area contributed by atoms with Crippen LogP contribution < -0.4 is 10.5 Å². The van der Waals surface area contributed by atoms with Gasteiger partial charge in [-0.2, -0.15) is 4.98 Å². The molecule has 1 aromatic carbocycles. The van der Waals surface area contributed by atoms with Gasteiger partial charge in [0, 0.05) is 11.4 Å². The first-order chi connectivity index (χ1) is 8.79. The molecule has 0 bridgehead atoms. The van der Waals surface area contributed by atoms with Crippen LogP contribution in [0, 0.1) is 0 Å². The summed E-state index contributed by atoms with van der Waals surface area (Å²) in [6.07, 6.45) is 3.14. The summed E-state index contributed by atoms with van der Waals surface area (Å²) >= 11 is 0. The summed E-state index contributed by atoms with van der Waals surface area (Å²) in [4.78, 5) is 12.5. The van der Waals surface area contributed by atoms with E-state index in [0.29, 0.717) is 17.0 Å². The van der Waals surface area contributed by atoms with Crippen LogP contribution in [0.4, 0.5) is 5.69 Å². The van der Waals surface area contributed by atoms with Crippen LogP contribution in [0.25, 0.3) is 16.9 Å². The van der Waals surface area contributed by atoms with E-state index in [1.54, 1.807) is 13.4 Å². The van der Waals surface area contributed by atoms with Gasteiger partial charge >= 0.3 is 0 Å². The maximum Gasteiger partial charge on any atom is 0.245 e. The fourth-order valence-corrected chi connectivity index (χ4v) is 1.79. The number of rotatable bonds is 2. The summed E-state index contributed by atoms with van der Waals surface area (Å²) in [6.45, 7) is 0. The highest BCUT2D eigenvalue weighted by molar-refractivity contribution is 5.77. The molecule has 0 saturated carbocycles. The average Bonchev–Trinajstić information content (AvgIpc) is 2.83. The van der Waals surface area contributed by atoms with Crippen molar-refractivity contribution >= 4 is 16.9 Å². The standard InChI is InChI=1S/C12H11N5O/c1-18-12-10-11(14-6-15-12)17(7-16-10)9-4-2-8(13)3-5-9/h2-7H,13H2,1H3. The number of fused-ring (bicyclic) bond motifs is 1. The smallest absolute Gasteiger partial charge is 0.245 e. The van der Waals surface area contributed by atoms with Crippen molar-refractivity contribution in [2.24, 2.45) is 0 Å². The second-order valence-electron chi connectivity index (χ2n) is 3.76. The average molecular weight is 241 g/mol. The van der Waals surface area contributed by atoms with Crippen LogP contribution >= 0.6 is 0 Å². The van der Waals surface area contributed by atoms with Gasteiger partial charge in [0.05, 0.1) is 7.11 Å². The van der Waals surface area contributed by atoms with Gasteiger partial charge in [0.15, 0.2) is 11.2 Å². The maximum atomic E-state index is 5.67. The van der Waals surface area contributed by atoms with Crippen molar-refractivity contribution in [3.05, 3.63) is 36.9 Å². The minimum absolute atomic E-state index is 0.467. The Bertz CT molecular complexity index is 689. The van der Waals surface area contributed by atoms with Crippen LogP contribution in [0.15, 0.2) is 36.9 Å². The number of ether oxygens (including phenoxy) is 1. The van der Waals surface area contributed by atoms with Crippen molar-refractivity contribution in [2.45, 2.75) is 0 Å². The normalized spacial score (nSPS) is 10.7. The minimum Gasteiger partial charge on any atom is -0.479 e. The lowest BCUT2D eigenvalue weighted by Gasteiger charge is -2.04. The Kier molecular flexibility index (Phi) is 2.33. The second kappa shape index (κ2) is 3.99. The lowest BCUT2D eigenvalue weighted by Crippen LogP contribution is -1.96. The first kappa shape index (κ1) is 10.5. The molecule has 0 spiro atoms. The molecule has 3 aromatic rings. The van der Waals surface area contributed by atoms with E-state index in [4.69, 9.17) is 10.5 Å². The summed E-state index contributed by atoms with van der Waals surface area (Å²) in [5.74, 6) is 0.467. The van der Waals surface area contributed by atoms with Crippen molar-refractivity contribution in [1.82, 2.24) is 19.5 Å². The van der Waals surface area contributed by atoms with E-state index < -0.39 is 0 Å². The highest BCUT2D eigenvalue weighted by Gasteiger charge is 2.11. The van der Waals surface area contributed by atoms with E-state index >= 15 is 0 Å². The topological polar surface area (TPSA) is 78.9 Å². The lowest BCUT2D eigenvalue weighted by molar-refractivity contribution is 0.401. The number of nitrogen functional groups attached to an aromatic ring is 1. The number of aromatic nitrogens is 4. The number of anilines is 1. The zero-order valence-corrected chi connectivity index (χ0v) is 9.74. The number of nitrogens with two attached hydrogens (primary N) is 1. The molecule has 2 aromatic heterocycles. The van der Waals surface area contributed by atoms with E-state index in [0.717, 1.165) is 11.4 Å². The summed E-state index contributed by atoms with van der Waals surface area (Å²) < 4.78 is 7.01. The zero-order chi connectivity index (χ0) is 12.5. The number of hydrogen-bond acceptors (Lipinski definition) is 5. The molecule has 3 rings (SSSR count). The number of imidazole rings is 1. The first-order valence-corrected chi connectivity index (χ1v) is 5.37. The maximum absolute atomic E-state index is 5.67. The van der Waals surface area contributed by atoms with Gasteiger partial charge in [-0.05, 0) is 24.3 Å². The molecule has 0 aliphatic heterocycles. The fraction of sp³-hybridized carbons (Fsp3) is 0.0833. The number of benzene rings is 1. The Labute approximate surface area is 103 Å². The van der Waals surface area contributed by atoms with E-state index in [-0.39, 0.29) is 0 Å². The van der Waals surface area contributed by atoms with Crippen LogP contribution in [-0.4, -0.2) is 26.6 Å². The van der Waals surface area contributed by atoms with Crippen LogP contribution in [-0.2, 0) is 0 Å². The SMILES string of the molecule is COc1ncnc2c1ncn2-c1ccc(N)cc1. The van der Waals surface area contributed by atoms with Gasteiger partial charge < -0.3 is 10.5 Å². The largest absolute Gasteiger partial charge is 0.479 e. The second-order valence-corrected chi connectivity index (χ2v) is 3.76. The third-order valence-electron chi connectivity index (χ3n) is 2.66. The van der Waals surface area contributed by atoms with Gasteiger partial charge in [0.1, 0.15) is 12.7 Å². The quantitative estimate of drug-likeness (QED) is 0.686. The molecule has 0 aliphatic rings. The van der Waals surface area contributed by atoms with Gasteiger partial charge in [0.25, 0.3) is 0 Å². The summed E-state index contributed by atoms with van der Waals surface area (Å²) in [5, 5.41) is 0. The van der Waals surface area contributed by atoms with Crippen molar-refractivity contribution in [3.8, 4) is 11.6 Å². The summed E-state index contributed by atoms with van der Waals surface area (Å²) in [6, 6.07) is 7.48. The van der Waals surface area contributed by atoms with Crippen molar-refractivity contribution in [2.75, 3.05) is 12.8 Å². The molecule has 0 radical (unpaired) electrons. The van der Waals surface area contributed by atoms with Gasteiger partial charge in [-0.1, -0.05) is 0 Å². The van der Waals surface area contributed by atoms with Crippen LogP contribution in [0.2, 0.25) is 0 Å². The molecular formula is C12H11N5O. The molecule has 6 nitrogen and oxygen atoms in total. The molecule has 6 heteroatoms. The molecule has 0 atom stereocenters. The Morgan fingerprint density at radius 2 is 1.89 bits per heavy atom. The van der Waals surface area contributed by atoms with E-state index in [1.807, 2.05) is 28.8 Å². The highest BCUT2D eigenvalue weighted by atomic mass is 16.5. The van der Waals surface area contributed by atoms with Gasteiger partial charge in [-0.3, -0.25) is 4.57 Å². The van der Waals surface area contributed by atoms with Gasteiger partial charge in [0.2, 0.25) is 5.88 Å². The minimum atomic E-state index is 0.467. The van der Waals surface area contributed by atoms with E-state index in [9.17, 15) is 0 Å². The lowest BCUT2D eigenvalue weighted by atomic mass is 10.3. The fourth-order valence-electron chi connectivity index (χ4n) is 1.79. The molecule has 0 fully saturated rings. The number of methoxy groups -OCH3 is 1. The molecule has 0 unspecified atom stereocenters. The Hall–Kier alpha value is -2.63. The number of nitrogens with zero attached hydrogens (tertiary/aromatic N) is 4. The molecule has 18 heavy (non-hydrogen) atoms. The van der Waals surface area contributed by atoms with Gasteiger partial charge in [-0.15, -0.1) is 0 Å². The van der Waals surface area contributed by atoms with Crippen molar-refractivity contribution < 1.29 is 4.74 Å². The molecular weight excluding hydrogens is 230 g/mol. The predicted octanol–water partition coefficient (Wildman–Crippen LogP) is 1.41. The summed E-state index contributed by atoms with van der Waals surface area (Å²) in [5.41, 5.74) is 8.66. The molecule has 0 saturated heterocycles. The predicted molar refractivity (Wildman–Crippen MR) is 67.6 cm³/mol. The van der Waals surface area contributed by atoms with Crippen molar-refractivity contribution in [3.63, 3.8) is 0 Å². The van der Waals surface area contributed by atoms with E-state index in [2.05, 4.69) is 15.0 Å². The first-order valence-electron chi connectivity index (χ1n) is 5.37. The molecule has 2 heterocycles. The van der Waals surface area contributed by atoms with Gasteiger partial charge in [-0.25, -0.2) is 9.97 Å². The summed E-state index contributed by atoms with van der Waals surface area (Å²) in [7, 11) is 1.56. The molecule has 2 N–H and O–H groups in total. The highest BCUT2D eigenvalue weighted by Crippen LogP contribution is 2.22. The molecule has 90 valence electrons. The van der Waals surface area contributed by atoms with Crippen LogP contribution in [0.1, 0.15) is 0 Å².